The second-order valence-corrected chi connectivity index (χ2v) is 4.71. The number of hydrogen-bond donors (Lipinski definition) is 1. The summed E-state index contributed by atoms with van der Waals surface area (Å²) in [4.78, 5) is 23.4. The zero-order chi connectivity index (χ0) is 13.4. The molecule has 1 unspecified atom stereocenters. The molecule has 2 aliphatic heterocycles. The van der Waals surface area contributed by atoms with E-state index >= 15 is 0 Å². The van der Waals surface area contributed by atoms with Crippen molar-refractivity contribution < 1.29 is 14.3 Å². The van der Waals surface area contributed by atoms with Gasteiger partial charge in [0.05, 0.1) is 12.5 Å². The lowest BCUT2D eigenvalue weighted by Crippen LogP contribution is -2.35. The molecule has 2 saturated heterocycles. The van der Waals surface area contributed by atoms with Gasteiger partial charge in [-0.3, -0.25) is 9.59 Å². The Balaban J connectivity index is 0.000000199. The molecule has 18 heavy (non-hydrogen) atoms. The first kappa shape index (κ1) is 15.0. The van der Waals surface area contributed by atoms with Crippen LogP contribution in [-0.4, -0.2) is 50.1 Å². The van der Waals surface area contributed by atoms with Crippen LogP contribution in [0.25, 0.3) is 0 Å². The molecule has 2 fully saturated rings. The van der Waals surface area contributed by atoms with Crippen LogP contribution in [-0.2, 0) is 14.3 Å². The summed E-state index contributed by atoms with van der Waals surface area (Å²) in [7, 11) is 1.84. The van der Waals surface area contributed by atoms with Crippen molar-refractivity contribution >= 4 is 11.9 Å². The molecule has 0 aliphatic carbocycles. The number of carbonyl (C=O) groups excluding carboxylic acids is 2. The zero-order valence-electron chi connectivity index (χ0n) is 11.4. The van der Waals surface area contributed by atoms with E-state index < -0.39 is 0 Å². The number of ether oxygens (including phenoxy) is 1. The smallest absolute Gasteiger partial charge is 0.310 e. The largest absolute Gasteiger partial charge is 0.466 e. The van der Waals surface area contributed by atoms with Gasteiger partial charge in [-0.05, 0) is 32.7 Å². The molecule has 104 valence electrons. The van der Waals surface area contributed by atoms with E-state index in [0.29, 0.717) is 12.5 Å². The summed E-state index contributed by atoms with van der Waals surface area (Å²) in [6.45, 7) is 5.12. The third kappa shape index (κ3) is 5.04. The Bertz CT molecular complexity index is 275. The summed E-state index contributed by atoms with van der Waals surface area (Å²) < 4.78 is 4.90. The van der Waals surface area contributed by atoms with Crippen LogP contribution in [0.5, 0.6) is 0 Å². The number of likely N-dealkylation sites (tertiary alicyclic amines) is 1. The quantitative estimate of drug-likeness (QED) is 0.742. The summed E-state index contributed by atoms with van der Waals surface area (Å²) in [5.41, 5.74) is 0. The molecule has 0 saturated carbocycles. The Morgan fingerprint density at radius 3 is 2.67 bits per heavy atom. The molecule has 1 amide bonds. The minimum atomic E-state index is -0.0419. The lowest BCUT2D eigenvalue weighted by atomic mass is 10.0. The van der Waals surface area contributed by atoms with E-state index in [4.69, 9.17) is 4.74 Å². The van der Waals surface area contributed by atoms with Crippen molar-refractivity contribution in [3.63, 3.8) is 0 Å². The first-order valence-corrected chi connectivity index (χ1v) is 6.76. The van der Waals surface area contributed by atoms with Crippen LogP contribution in [0.2, 0.25) is 0 Å². The number of piperidine rings is 1. The summed E-state index contributed by atoms with van der Waals surface area (Å²) in [5, 5.41) is 3.17. The number of carbonyl (C=O) groups is 2. The van der Waals surface area contributed by atoms with Crippen LogP contribution in [0.3, 0.4) is 0 Å². The monoisotopic (exact) mass is 256 g/mol. The fourth-order valence-electron chi connectivity index (χ4n) is 2.10. The van der Waals surface area contributed by atoms with Crippen LogP contribution in [0.4, 0.5) is 0 Å². The maximum Gasteiger partial charge on any atom is 0.310 e. The van der Waals surface area contributed by atoms with Crippen LogP contribution < -0.4 is 5.32 Å². The normalized spacial score (nSPS) is 23.3. The van der Waals surface area contributed by atoms with Crippen molar-refractivity contribution in [3.8, 4) is 0 Å². The number of amides is 1. The number of hydrogen-bond acceptors (Lipinski definition) is 4. The Morgan fingerprint density at radius 1 is 1.50 bits per heavy atom. The average molecular weight is 256 g/mol. The SMILES string of the molecule is CCOC(=O)C1CCCNC1.CN1CCCC1=O. The van der Waals surface area contributed by atoms with Crippen molar-refractivity contribution in [2.45, 2.75) is 32.6 Å². The Morgan fingerprint density at radius 2 is 2.28 bits per heavy atom. The van der Waals surface area contributed by atoms with Crippen molar-refractivity contribution in [3.05, 3.63) is 0 Å². The van der Waals surface area contributed by atoms with Gasteiger partial charge in [0.2, 0.25) is 5.91 Å². The van der Waals surface area contributed by atoms with Gasteiger partial charge in [-0.15, -0.1) is 0 Å². The highest BCUT2D eigenvalue weighted by Gasteiger charge is 2.21. The molecule has 2 rings (SSSR count). The second-order valence-electron chi connectivity index (χ2n) is 4.71. The van der Waals surface area contributed by atoms with Gasteiger partial charge in [-0.25, -0.2) is 0 Å². The molecular weight excluding hydrogens is 232 g/mol. The van der Waals surface area contributed by atoms with E-state index in [-0.39, 0.29) is 11.9 Å². The molecule has 5 heteroatoms. The fourth-order valence-corrected chi connectivity index (χ4v) is 2.10. The van der Waals surface area contributed by atoms with Crippen molar-refractivity contribution in [1.29, 1.82) is 0 Å². The van der Waals surface area contributed by atoms with Gasteiger partial charge in [0.25, 0.3) is 0 Å². The van der Waals surface area contributed by atoms with Gasteiger partial charge in [0.1, 0.15) is 0 Å². The molecule has 0 aromatic heterocycles. The first-order chi connectivity index (χ1) is 8.65. The van der Waals surface area contributed by atoms with Crippen LogP contribution in [0, 0.1) is 5.92 Å². The molecule has 0 aromatic rings. The molecule has 2 aliphatic rings. The van der Waals surface area contributed by atoms with E-state index in [9.17, 15) is 9.59 Å². The summed E-state index contributed by atoms with van der Waals surface area (Å²) in [5.74, 6) is 0.350. The van der Waals surface area contributed by atoms with Gasteiger partial charge in [-0.1, -0.05) is 0 Å². The van der Waals surface area contributed by atoms with Gasteiger partial charge in [0.15, 0.2) is 0 Å². The van der Waals surface area contributed by atoms with E-state index in [1.54, 1.807) is 4.90 Å². The van der Waals surface area contributed by atoms with E-state index in [2.05, 4.69) is 5.32 Å². The fraction of sp³-hybridized carbons (Fsp3) is 0.846. The molecule has 0 radical (unpaired) electrons. The minimum Gasteiger partial charge on any atom is -0.466 e. The highest BCUT2D eigenvalue weighted by molar-refractivity contribution is 5.77. The second kappa shape index (κ2) is 8.08. The van der Waals surface area contributed by atoms with Crippen molar-refractivity contribution in [1.82, 2.24) is 10.2 Å². The Kier molecular flexibility index (Phi) is 6.72. The Hall–Kier alpha value is -1.10. The van der Waals surface area contributed by atoms with E-state index in [1.165, 1.54) is 0 Å². The maximum atomic E-state index is 11.1. The average Bonchev–Trinajstić information content (AvgIpc) is 2.76. The van der Waals surface area contributed by atoms with Gasteiger partial charge in [-0.2, -0.15) is 0 Å². The number of nitrogens with one attached hydrogen (secondary N) is 1. The molecule has 5 nitrogen and oxygen atoms in total. The minimum absolute atomic E-state index is 0.0419. The third-order valence-corrected chi connectivity index (χ3v) is 3.23. The molecule has 1 atom stereocenters. The van der Waals surface area contributed by atoms with Crippen LogP contribution in [0.15, 0.2) is 0 Å². The van der Waals surface area contributed by atoms with Crippen molar-refractivity contribution in [2.24, 2.45) is 5.92 Å². The van der Waals surface area contributed by atoms with Crippen LogP contribution in [0.1, 0.15) is 32.6 Å². The summed E-state index contributed by atoms with van der Waals surface area (Å²) >= 11 is 0. The topological polar surface area (TPSA) is 58.6 Å². The van der Waals surface area contributed by atoms with E-state index in [1.807, 2.05) is 14.0 Å². The molecule has 0 spiro atoms. The number of nitrogens with zero attached hydrogens (tertiary/aromatic N) is 1. The van der Waals surface area contributed by atoms with Gasteiger partial charge in [0, 0.05) is 26.6 Å². The predicted octanol–water partition coefficient (Wildman–Crippen LogP) is 0.788. The maximum absolute atomic E-state index is 11.1. The first-order valence-electron chi connectivity index (χ1n) is 6.76. The third-order valence-electron chi connectivity index (χ3n) is 3.23. The predicted molar refractivity (Wildman–Crippen MR) is 69.1 cm³/mol. The highest BCUT2D eigenvalue weighted by Crippen LogP contribution is 2.11. The lowest BCUT2D eigenvalue weighted by Gasteiger charge is -2.20. The van der Waals surface area contributed by atoms with Crippen LogP contribution >= 0.6 is 0 Å². The van der Waals surface area contributed by atoms with Crippen molar-refractivity contribution in [2.75, 3.05) is 33.3 Å². The highest BCUT2D eigenvalue weighted by atomic mass is 16.5. The molecule has 0 bridgehead atoms. The lowest BCUT2D eigenvalue weighted by molar-refractivity contribution is -0.148. The molecule has 2 heterocycles. The summed E-state index contributed by atoms with van der Waals surface area (Å²) in [6.07, 6.45) is 3.88. The van der Waals surface area contributed by atoms with Gasteiger partial charge >= 0.3 is 5.97 Å². The van der Waals surface area contributed by atoms with Gasteiger partial charge < -0.3 is 15.0 Å². The number of rotatable bonds is 2. The Labute approximate surface area is 109 Å². The van der Waals surface area contributed by atoms with E-state index in [0.717, 1.165) is 45.3 Å². The standard InChI is InChI=1S/C8H15NO2.C5H9NO/c1-2-11-8(10)7-4-3-5-9-6-7;1-6-4-2-3-5(6)7/h7,9H,2-6H2,1H3;2-4H2,1H3. The number of esters is 1. The molecule has 1 N–H and O–H groups in total. The molecule has 0 aromatic carbocycles. The molecular formula is C13H24N2O3. The zero-order valence-corrected chi connectivity index (χ0v) is 11.4. The summed E-state index contributed by atoms with van der Waals surface area (Å²) in [6, 6.07) is 0.